The Morgan fingerprint density at radius 2 is 1.56 bits per heavy atom. The lowest BCUT2D eigenvalue weighted by molar-refractivity contribution is -0.137. The third kappa shape index (κ3) is 7.80. The topological polar surface area (TPSA) is 113 Å². The molecule has 0 heterocycles. The molecule has 0 aromatic carbocycles. The summed E-state index contributed by atoms with van der Waals surface area (Å²) in [5, 5.41) is 12.5. The molecule has 7 nitrogen and oxygen atoms in total. The fraction of sp³-hybridized carbons (Fsp3) is 0.500. The van der Waals surface area contributed by atoms with Gasteiger partial charge in [0.2, 0.25) is 11.8 Å². The van der Waals surface area contributed by atoms with Crippen LogP contribution in [0.2, 0.25) is 0 Å². The van der Waals surface area contributed by atoms with Gasteiger partial charge < -0.3 is 15.7 Å². The van der Waals surface area contributed by atoms with Gasteiger partial charge >= 0.3 is 5.97 Å². The molecule has 0 bridgehead atoms. The molecule has 3 N–H and O–H groups in total. The van der Waals surface area contributed by atoms with Crippen LogP contribution in [0.15, 0.2) is 0 Å². The van der Waals surface area contributed by atoms with Gasteiger partial charge in [0.1, 0.15) is 6.54 Å². The van der Waals surface area contributed by atoms with E-state index in [0.29, 0.717) is 0 Å². The van der Waals surface area contributed by atoms with Crippen molar-refractivity contribution in [3.05, 3.63) is 0 Å². The van der Waals surface area contributed by atoms with Crippen molar-refractivity contribution in [1.82, 2.24) is 10.6 Å². The average molecular weight is 248 g/mol. The van der Waals surface area contributed by atoms with Gasteiger partial charge in [-0.05, 0) is 0 Å². The Hall–Kier alpha value is -1.57. The van der Waals surface area contributed by atoms with Gasteiger partial charge in [-0.2, -0.15) is 12.6 Å². The second-order valence-electron chi connectivity index (χ2n) is 2.82. The second kappa shape index (κ2) is 7.69. The maximum absolute atomic E-state index is 11.0. The third-order valence-electron chi connectivity index (χ3n) is 1.42. The number of carbonyl (C=O) groups excluding carboxylic acids is 3. The smallest absolute Gasteiger partial charge is 0.322 e. The summed E-state index contributed by atoms with van der Waals surface area (Å²) < 4.78 is 0. The van der Waals surface area contributed by atoms with Crippen LogP contribution >= 0.6 is 12.6 Å². The number of aliphatic carboxylic acids is 1. The van der Waals surface area contributed by atoms with E-state index in [1.165, 1.54) is 0 Å². The van der Waals surface area contributed by atoms with Crippen LogP contribution in [0.5, 0.6) is 0 Å². The minimum absolute atomic E-state index is 0.0430. The zero-order valence-corrected chi connectivity index (χ0v) is 9.25. The van der Waals surface area contributed by atoms with Crippen molar-refractivity contribution in [3.8, 4) is 0 Å². The highest BCUT2D eigenvalue weighted by atomic mass is 32.1. The lowest BCUT2D eigenvalue weighted by Crippen LogP contribution is -2.39. The Morgan fingerprint density at radius 1 is 1.00 bits per heavy atom. The van der Waals surface area contributed by atoms with Crippen LogP contribution in [-0.4, -0.2) is 47.5 Å². The predicted octanol–water partition coefficient (Wildman–Crippen LogP) is -1.81. The first-order valence-corrected chi connectivity index (χ1v) is 4.96. The van der Waals surface area contributed by atoms with Crippen LogP contribution in [0.25, 0.3) is 0 Å². The molecular weight excluding hydrogens is 236 g/mol. The number of nitrogens with one attached hydrogen (secondary N) is 2. The summed E-state index contributed by atoms with van der Waals surface area (Å²) in [6.07, 6.45) is -0.338. The van der Waals surface area contributed by atoms with Gasteiger partial charge in [-0.3, -0.25) is 19.2 Å². The van der Waals surface area contributed by atoms with E-state index in [9.17, 15) is 19.2 Å². The molecule has 16 heavy (non-hydrogen) atoms. The van der Waals surface area contributed by atoms with Gasteiger partial charge in [0.15, 0.2) is 5.78 Å². The van der Waals surface area contributed by atoms with E-state index in [2.05, 4.69) is 23.3 Å². The average Bonchev–Trinajstić information content (AvgIpc) is 2.23. The Kier molecular flexibility index (Phi) is 6.93. The lowest BCUT2D eigenvalue weighted by Gasteiger charge is -2.04. The molecule has 0 saturated heterocycles. The number of rotatable bonds is 7. The molecule has 0 aromatic heterocycles. The molecule has 0 radical (unpaired) electrons. The number of carboxylic acids is 1. The standard InChI is InChI=1S/C8H12N2O5S/c11-5(4-16)1-6(12)9-2-7(13)10-3-8(14)15/h16H,1-4H2,(H,9,12)(H,10,13)(H,14,15). The fourth-order valence-corrected chi connectivity index (χ4v) is 0.825. The number of Topliss-reactive ketones (excluding diaryl/α,β-unsaturated/α-hetero) is 1. The van der Waals surface area contributed by atoms with E-state index in [0.717, 1.165) is 0 Å². The fourth-order valence-electron chi connectivity index (χ4n) is 0.713. The summed E-state index contributed by atoms with van der Waals surface area (Å²) in [4.78, 5) is 42.7. The van der Waals surface area contributed by atoms with Gasteiger partial charge in [-0.15, -0.1) is 0 Å². The second-order valence-corrected chi connectivity index (χ2v) is 3.14. The SMILES string of the molecule is O=C(O)CNC(=O)CNC(=O)CC(=O)CS. The van der Waals surface area contributed by atoms with Crippen molar-refractivity contribution in [3.63, 3.8) is 0 Å². The van der Waals surface area contributed by atoms with Gasteiger partial charge in [0.05, 0.1) is 13.0 Å². The minimum Gasteiger partial charge on any atom is -0.480 e. The maximum Gasteiger partial charge on any atom is 0.322 e. The number of ketones is 1. The number of carboxylic acid groups (broad SMARTS) is 1. The summed E-state index contributed by atoms with van der Waals surface area (Å²) in [6, 6.07) is 0. The Morgan fingerprint density at radius 3 is 2.06 bits per heavy atom. The monoisotopic (exact) mass is 248 g/mol. The summed E-state index contributed by atoms with van der Waals surface area (Å²) in [6.45, 7) is -0.865. The molecule has 0 unspecified atom stereocenters. The minimum atomic E-state index is -1.18. The molecule has 0 aliphatic rings. The van der Waals surface area contributed by atoms with Crippen molar-refractivity contribution in [2.24, 2.45) is 0 Å². The predicted molar refractivity (Wildman–Crippen MR) is 57.1 cm³/mol. The van der Waals surface area contributed by atoms with Crippen LogP contribution < -0.4 is 10.6 Å². The van der Waals surface area contributed by atoms with E-state index in [1.54, 1.807) is 0 Å². The lowest BCUT2D eigenvalue weighted by atomic mass is 10.3. The maximum atomic E-state index is 11.0. The molecule has 0 spiro atoms. The summed E-state index contributed by atoms with van der Waals surface area (Å²) in [5.41, 5.74) is 0. The van der Waals surface area contributed by atoms with Crippen molar-refractivity contribution in [1.29, 1.82) is 0 Å². The molecule has 2 amide bonds. The van der Waals surface area contributed by atoms with Crippen LogP contribution in [0, 0.1) is 0 Å². The quantitative estimate of drug-likeness (QED) is 0.313. The Balaban J connectivity index is 3.71. The van der Waals surface area contributed by atoms with Gasteiger partial charge in [0, 0.05) is 5.75 Å². The highest BCUT2D eigenvalue weighted by Gasteiger charge is 2.09. The van der Waals surface area contributed by atoms with Crippen LogP contribution in [-0.2, 0) is 19.2 Å². The Bertz CT molecular complexity index is 305. The number of carbonyl (C=O) groups is 4. The summed E-state index contributed by atoms with van der Waals surface area (Å²) in [7, 11) is 0. The number of amides is 2. The number of thiol groups is 1. The molecule has 0 saturated carbocycles. The Labute approximate surface area is 97.0 Å². The van der Waals surface area contributed by atoms with Crippen LogP contribution in [0.1, 0.15) is 6.42 Å². The number of hydrogen-bond acceptors (Lipinski definition) is 5. The molecule has 0 rings (SSSR count). The molecule has 0 atom stereocenters. The zero-order chi connectivity index (χ0) is 12.6. The first kappa shape index (κ1) is 14.4. The molecule has 0 aromatic rings. The molecule has 90 valence electrons. The largest absolute Gasteiger partial charge is 0.480 e. The normalized spacial score (nSPS) is 9.31. The van der Waals surface area contributed by atoms with E-state index in [-0.39, 0.29) is 24.5 Å². The summed E-state index contributed by atoms with van der Waals surface area (Å²) in [5.74, 6) is -2.80. The van der Waals surface area contributed by atoms with E-state index in [1.807, 2.05) is 0 Å². The first-order valence-electron chi connectivity index (χ1n) is 4.33. The van der Waals surface area contributed by atoms with Crippen molar-refractivity contribution < 1.29 is 24.3 Å². The highest BCUT2D eigenvalue weighted by Crippen LogP contribution is 1.86. The van der Waals surface area contributed by atoms with E-state index >= 15 is 0 Å². The highest BCUT2D eigenvalue weighted by molar-refractivity contribution is 7.81. The van der Waals surface area contributed by atoms with E-state index in [4.69, 9.17) is 5.11 Å². The molecule has 0 aliphatic heterocycles. The summed E-state index contributed by atoms with van der Waals surface area (Å²) >= 11 is 3.68. The van der Waals surface area contributed by atoms with Crippen molar-refractivity contribution >= 4 is 36.2 Å². The molecule has 0 fully saturated rings. The zero-order valence-electron chi connectivity index (χ0n) is 8.36. The van der Waals surface area contributed by atoms with Gasteiger partial charge in [-0.1, -0.05) is 0 Å². The molecule has 0 aliphatic carbocycles. The van der Waals surface area contributed by atoms with Crippen LogP contribution in [0.4, 0.5) is 0 Å². The van der Waals surface area contributed by atoms with Crippen molar-refractivity contribution in [2.45, 2.75) is 6.42 Å². The van der Waals surface area contributed by atoms with Gasteiger partial charge in [-0.25, -0.2) is 0 Å². The van der Waals surface area contributed by atoms with Gasteiger partial charge in [0.25, 0.3) is 0 Å². The molecular formula is C8H12N2O5S. The van der Waals surface area contributed by atoms with E-state index < -0.39 is 24.3 Å². The van der Waals surface area contributed by atoms with Crippen LogP contribution in [0.3, 0.4) is 0 Å². The third-order valence-corrected chi connectivity index (χ3v) is 1.77. The van der Waals surface area contributed by atoms with Crippen molar-refractivity contribution in [2.75, 3.05) is 18.8 Å². The first-order chi connectivity index (χ1) is 7.45. The molecule has 8 heteroatoms. The number of hydrogen-bond donors (Lipinski definition) is 4.